The van der Waals surface area contributed by atoms with Gasteiger partial charge in [-0.2, -0.15) is 0 Å². The van der Waals surface area contributed by atoms with E-state index in [0.29, 0.717) is 6.42 Å². The summed E-state index contributed by atoms with van der Waals surface area (Å²) in [5.74, 6) is 1.17. The molecule has 1 aliphatic rings. The fourth-order valence-electron chi connectivity index (χ4n) is 1.16. The summed E-state index contributed by atoms with van der Waals surface area (Å²) < 4.78 is 0. The number of allylic oxidation sites excluding steroid dienone is 2. The second-order valence-corrected chi connectivity index (χ2v) is 3.84. The minimum absolute atomic E-state index is 0.237. The van der Waals surface area contributed by atoms with Gasteiger partial charge in [-0.1, -0.05) is 6.92 Å². The summed E-state index contributed by atoms with van der Waals surface area (Å²) in [5, 5.41) is 0. The molecule has 0 aromatic rings. The molecule has 0 saturated carbocycles. The Hall–Kier alpha value is -0.700. The van der Waals surface area contributed by atoms with Crippen molar-refractivity contribution in [1.29, 1.82) is 0 Å². The van der Waals surface area contributed by atoms with E-state index in [4.69, 9.17) is 5.73 Å². The van der Waals surface area contributed by atoms with Crippen LogP contribution < -0.4 is 5.73 Å². The molecule has 74 valence electrons. The molecule has 0 bridgehead atoms. The van der Waals surface area contributed by atoms with Crippen LogP contribution in [0.25, 0.3) is 0 Å². The maximum atomic E-state index is 11.2. The van der Waals surface area contributed by atoms with E-state index in [2.05, 4.69) is 13.2 Å². The number of ketones is 1. The predicted octanol–water partition coefficient (Wildman–Crippen LogP) is 2.47. The third-order valence-electron chi connectivity index (χ3n) is 1.68. The SMILES string of the molecule is C=C.CCSC1=C(N)CCCC1=O. The van der Waals surface area contributed by atoms with Gasteiger partial charge in [0, 0.05) is 12.1 Å². The molecule has 1 aliphatic carbocycles. The zero-order chi connectivity index (χ0) is 10.3. The molecule has 3 heteroatoms. The van der Waals surface area contributed by atoms with E-state index >= 15 is 0 Å². The summed E-state index contributed by atoms with van der Waals surface area (Å²) in [7, 11) is 0. The maximum absolute atomic E-state index is 11.2. The molecular weight excluding hydrogens is 182 g/mol. The molecule has 0 fully saturated rings. The van der Waals surface area contributed by atoms with Gasteiger partial charge in [0.1, 0.15) is 0 Å². The Kier molecular flexibility index (Phi) is 6.41. The quantitative estimate of drug-likeness (QED) is 0.695. The Balaban J connectivity index is 0.000000671. The average Bonchev–Trinajstić information content (AvgIpc) is 2.15. The average molecular weight is 199 g/mol. The highest BCUT2D eigenvalue weighted by atomic mass is 32.2. The molecule has 0 aromatic carbocycles. The topological polar surface area (TPSA) is 43.1 Å². The predicted molar refractivity (Wildman–Crippen MR) is 59.5 cm³/mol. The second kappa shape index (κ2) is 6.78. The van der Waals surface area contributed by atoms with Crippen LogP contribution in [0.2, 0.25) is 0 Å². The molecule has 0 radical (unpaired) electrons. The Labute approximate surface area is 84.3 Å². The van der Waals surface area contributed by atoms with Gasteiger partial charge < -0.3 is 5.73 Å². The van der Waals surface area contributed by atoms with Crippen molar-refractivity contribution < 1.29 is 4.79 Å². The highest BCUT2D eigenvalue weighted by Crippen LogP contribution is 2.27. The van der Waals surface area contributed by atoms with Crippen molar-refractivity contribution in [2.24, 2.45) is 5.73 Å². The van der Waals surface area contributed by atoms with Crippen molar-refractivity contribution >= 4 is 17.5 Å². The number of thioether (sulfide) groups is 1. The normalized spacial score (nSPS) is 16.5. The molecule has 0 atom stereocenters. The van der Waals surface area contributed by atoms with E-state index in [9.17, 15) is 4.79 Å². The molecule has 13 heavy (non-hydrogen) atoms. The Morgan fingerprint density at radius 3 is 2.54 bits per heavy atom. The van der Waals surface area contributed by atoms with Gasteiger partial charge in [0.25, 0.3) is 0 Å². The Bertz CT molecular complexity index is 211. The zero-order valence-corrected chi connectivity index (χ0v) is 8.95. The highest BCUT2D eigenvalue weighted by Gasteiger charge is 2.17. The molecule has 1 rings (SSSR count). The van der Waals surface area contributed by atoms with Crippen molar-refractivity contribution in [3.8, 4) is 0 Å². The van der Waals surface area contributed by atoms with E-state index in [0.717, 1.165) is 29.2 Å². The number of hydrogen-bond acceptors (Lipinski definition) is 3. The van der Waals surface area contributed by atoms with Gasteiger partial charge in [-0.05, 0) is 18.6 Å². The lowest BCUT2D eigenvalue weighted by Gasteiger charge is -2.14. The van der Waals surface area contributed by atoms with Crippen molar-refractivity contribution in [3.63, 3.8) is 0 Å². The number of carbonyl (C=O) groups is 1. The first-order valence-electron chi connectivity index (χ1n) is 4.40. The number of carbonyl (C=O) groups excluding carboxylic acids is 1. The summed E-state index contributed by atoms with van der Waals surface area (Å²) in [6.07, 6.45) is 2.51. The van der Waals surface area contributed by atoms with Gasteiger partial charge in [-0.15, -0.1) is 24.9 Å². The van der Waals surface area contributed by atoms with E-state index in [1.807, 2.05) is 6.92 Å². The van der Waals surface area contributed by atoms with Gasteiger partial charge in [-0.25, -0.2) is 0 Å². The van der Waals surface area contributed by atoms with Crippen LogP contribution in [0.3, 0.4) is 0 Å². The Morgan fingerprint density at radius 1 is 1.46 bits per heavy atom. The van der Waals surface area contributed by atoms with Crippen LogP contribution in [-0.2, 0) is 4.79 Å². The molecule has 0 spiro atoms. The van der Waals surface area contributed by atoms with Crippen LogP contribution in [0, 0.1) is 0 Å². The van der Waals surface area contributed by atoms with Gasteiger partial charge >= 0.3 is 0 Å². The molecule has 0 aliphatic heterocycles. The largest absolute Gasteiger partial charge is 0.401 e. The smallest absolute Gasteiger partial charge is 0.170 e. The maximum Gasteiger partial charge on any atom is 0.170 e. The van der Waals surface area contributed by atoms with Gasteiger partial charge in [-0.3, -0.25) is 4.79 Å². The molecule has 0 amide bonds. The van der Waals surface area contributed by atoms with Crippen LogP contribution in [0.15, 0.2) is 23.8 Å². The standard InChI is InChI=1S/C8H13NOS.C2H4/c1-2-11-8-6(9)4-3-5-7(8)10;1-2/h2-5,9H2,1H3;1-2H2. The lowest BCUT2D eigenvalue weighted by Crippen LogP contribution is -2.14. The molecule has 0 unspecified atom stereocenters. The van der Waals surface area contributed by atoms with Crippen molar-refractivity contribution in [3.05, 3.63) is 23.8 Å². The molecule has 0 heterocycles. The second-order valence-electron chi connectivity index (χ2n) is 2.56. The third-order valence-corrected chi connectivity index (χ3v) is 2.75. The monoisotopic (exact) mass is 199 g/mol. The summed E-state index contributed by atoms with van der Waals surface area (Å²) >= 11 is 1.57. The van der Waals surface area contributed by atoms with Crippen LogP contribution in [0.4, 0.5) is 0 Å². The first-order valence-corrected chi connectivity index (χ1v) is 5.39. The first kappa shape index (κ1) is 12.3. The van der Waals surface area contributed by atoms with Crippen molar-refractivity contribution in [1.82, 2.24) is 0 Å². The third kappa shape index (κ3) is 3.68. The molecule has 0 saturated heterocycles. The summed E-state index contributed by atoms with van der Waals surface area (Å²) in [5.41, 5.74) is 6.49. The van der Waals surface area contributed by atoms with E-state index in [1.54, 1.807) is 11.8 Å². The van der Waals surface area contributed by atoms with E-state index in [1.165, 1.54) is 0 Å². The fourth-order valence-corrected chi connectivity index (χ4v) is 2.00. The summed E-state index contributed by atoms with van der Waals surface area (Å²) in [6.45, 7) is 8.03. The van der Waals surface area contributed by atoms with Crippen molar-refractivity contribution in [2.75, 3.05) is 5.75 Å². The summed E-state index contributed by atoms with van der Waals surface area (Å²) in [6, 6.07) is 0. The molecular formula is C10H17NOS. The minimum Gasteiger partial charge on any atom is -0.401 e. The lowest BCUT2D eigenvalue weighted by molar-refractivity contribution is -0.115. The number of hydrogen-bond donors (Lipinski definition) is 1. The van der Waals surface area contributed by atoms with Crippen LogP contribution in [-0.4, -0.2) is 11.5 Å². The van der Waals surface area contributed by atoms with Crippen molar-refractivity contribution in [2.45, 2.75) is 26.2 Å². The van der Waals surface area contributed by atoms with Gasteiger partial charge in [0.05, 0.1) is 4.91 Å². The summed E-state index contributed by atoms with van der Waals surface area (Å²) in [4.78, 5) is 12.1. The molecule has 2 nitrogen and oxygen atoms in total. The number of nitrogens with two attached hydrogens (primary N) is 1. The number of rotatable bonds is 2. The number of Topliss-reactive ketones (excluding diaryl/α,β-unsaturated/α-hetero) is 1. The molecule has 2 N–H and O–H groups in total. The van der Waals surface area contributed by atoms with Gasteiger partial charge in [0.2, 0.25) is 0 Å². The van der Waals surface area contributed by atoms with Crippen LogP contribution in [0.1, 0.15) is 26.2 Å². The minimum atomic E-state index is 0.237. The van der Waals surface area contributed by atoms with Gasteiger partial charge in [0.15, 0.2) is 5.78 Å². The first-order chi connectivity index (χ1) is 6.25. The van der Waals surface area contributed by atoms with E-state index in [-0.39, 0.29) is 5.78 Å². The van der Waals surface area contributed by atoms with E-state index < -0.39 is 0 Å². The lowest BCUT2D eigenvalue weighted by atomic mass is 10.0. The Morgan fingerprint density at radius 2 is 2.08 bits per heavy atom. The van der Waals surface area contributed by atoms with Crippen LogP contribution in [0.5, 0.6) is 0 Å². The fraction of sp³-hybridized carbons (Fsp3) is 0.500. The zero-order valence-electron chi connectivity index (χ0n) is 8.14. The highest BCUT2D eigenvalue weighted by molar-refractivity contribution is 8.04. The molecule has 0 aromatic heterocycles. The van der Waals surface area contributed by atoms with Crippen LogP contribution >= 0.6 is 11.8 Å².